The Hall–Kier alpha value is -4.17. The van der Waals surface area contributed by atoms with Gasteiger partial charge in [-0.2, -0.15) is 5.10 Å². The lowest BCUT2D eigenvalue weighted by Crippen LogP contribution is -2.28. The van der Waals surface area contributed by atoms with Crippen LogP contribution >= 0.6 is 11.6 Å². The van der Waals surface area contributed by atoms with E-state index in [0.717, 1.165) is 16.3 Å². The highest BCUT2D eigenvalue weighted by Crippen LogP contribution is 2.22. The average Bonchev–Trinajstić information content (AvgIpc) is 3.29. The van der Waals surface area contributed by atoms with Crippen LogP contribution in [0.5, 0.6) is 5.75 Å². The van der Waals surface area contributed by atoms with Crippen molar-refractivity contribution in [3.63, 3.8) is 0 Å². The fourth-order valence-corrected chi connectivity index (χ4v) is 4.29. The first-order valence-electron chi connectivity index (χ1n) is 11.0. The minimum Gasteiger partial charge on any atom is -0.496 e. The van der Waals surface area contributed by atoms with Gasteiger partial charge < -0.3 is 10.1 Å². The van der Waals surface area contributed by atoms with Crippen molar-refractivity contribution in [2.45, 2.75) is 13.1 Å². The smallest absolute Gasteiger partial charge is 0.264 e. The SMILES string of the molecule is COc1ccc(Cl)cc1C(=O)NCCn1ncc2c(=O)n(Cc3cccc4ccccc34)cnc21. The van der Waals surface area contributed by atoms with Gasteiger partial charge in [-0.15, -0.1) is 0 Å². The Morgan fingerprint density at radius 2 is 1.91 bits per heavy atom. The van der Waals surface area contributed by atoms with Crippen LogP contribution in [0.25, 0.3) is 21.8 Å². The Labute approximate surface area is 205 Å². The maximum atomic E-state index is 13.1. The molecule has 5 aromatic rings. The molecule has 0 bridgehead atoms. The maximum absolute atomic E-state index is 13.1. The van der Waals surface area contributed by atoms with Crippen molar-refractivity contribution in [1.82, 2.24) is 24.6 Å². The number of nitrogens with one attached hydrogen (secondary N) is 1. The summed E-state index contributed by atoms with van der Waals surface area (Å²) in [7, 11) is 1.49. The molecular formula is C26H22ClN5O3. The number of hydrogen-bond donors (Lipinski definition) is 1. The van der Waals surface area contributed by atoms with Crippen LogP contribution in [0.15, 0.2) is 78.0 Å². The molecule has 8 nitrogen and oxygen atoms in total. The fraction of sp³-hybridized carbons (Fsp3) is 0.154. The Balaban J connectivity index is 1.32. The van der Waals surface area contributed by atoms with Crippen LogP contribution in [0.1, 0.15) is 15.9 Å². The lowest BCUT2D eigenvalue weighted by atomic mass is 10.0. The molecule has 0 aliphatic rings. The van der Waals surface area contributed by atoms with Crippen LogP contribution in [-0.4, -0.2) is 38.9 Å². The van der Waals surface area contributed by atoms with Crippen LogP contribution in [0.4, 0.5) is 0 Å². The summed E-state index contributed by atoms with van der Waals surface area (Å²) in [5, 5.41) is 10.2. The third kappa shape index (κ3) is 4.48. The molecule has 2 aromatic heterocycles. The minimum absolute atomic E-state index is 0.165. The summed E-state index contributed by atoms with van der Waals surface area (Å²) in [5.41, 5.74) is 1.69. The first-order chi connectivity index (χ1) is 17.0. The van der Waals surface area contributed by atoms with Gasteiger partial charge in [0.15, 0.2) is 5.65 Å². The van der Waals surface area contributed by atoms with Gasteiger partial charge in [0, 0.05) is 11.6 Å². The number of benzene rings is 3. The first-order valence-corrected chi connectivity index (χ1v) is 11.4. The van der Waals surface area contributed by atoms with Gasteiger partial charge in [-0.1, -0.05) is 54.1 Å². The number of ether oxygens (including phenoxy) is 1. The highest BCUT2D eigenvalue weighted by Gasteiger charge is 2.14. The molecule has 0 radical (unpaired) electrons. The zero-order valence-corrected chi connectivity index (χ0v) is 19.7. The van der Waals surface area contributed by atoms with E-state index in [1.165, 1.54) is 13.3 Å². The first kappa shape index (κ1) is 22.6. The van der Waals surface area contributed by atoms with Gasteiger partial charge in [-0.25, -0.2) is 9.67 Å². The number of halogens is 1. The van der Waals surface area contributed by atoms with E-state index >= 15 is 0 Å². The predicted octanol–water partition coefficient (Wildman–Crippen LogP) is 3.89. The second-order valence-corrected chi connectivity index (χ2v) is 8.46. The van der Waals surface area contributed by atoms with E-state index in [1.54, 1.807) is 33.8 Å². The van der Waals surface area contributed by atoms with Crippen LogP contribution < -0.4 is 15.6 Å². The van der Waals surface area contributed by atoms with Crippen LogP contribution in [-0.2, 0) is 13.1 Å². The topological polar surface area (TPSA) is 91.0 Å². The van der Waals surface area contributed by atoms with Gasteiger partial charge in [0.1, 0.15) is 17.5 Å². The van der Waals surface area contributed by atoms with Crippen LogP contribution in [0.2, 0.25) is 5.02 Å². The molecule has 0 unspecified atom stereocenters. The highest BCUT2D eigenvalue weighted by molar-refractivity contribution is 6.31. The number of carbonyl (C=O) groups excluding carboxylic acids is 1. The molecule has 0 atom stereocenters. The Morgan fingerprint density at radius 1 is 1.09 bits per heavy atom. The molecule has 0 fully saturated rings. The number of fused-ring (bicyclic) bond motifs is 2. The van der Waals surface area contributed by atoms with E-state index in [-0.39, 0.29) is 18.0 Å². The van der Waals surface area contributed by atoms with E-state index in [4.69, 9.17) is 16.3 Å². The summed E-state index contributed by atoms with van der Waals surface area (Å²) in [4.78, 5) is 30.2. The van der Waals surface area contributed by atoms with Crippen molar-refractivity contribution in [2.24, 2.45) is 0 Å². The normalized spacial score (nSPS) is 11.1. The van der Waals surface area contributed by atoms with Gasteiger partial charge in [0.05, 0.1) is 32.0 Å². The van der Waals surface area contributed by atoms with Gasteiger partial charge in [0.2, 0.25) is 0 Å². The molecule has 0 saturated carbocycles. The van der Waals surface area contributed by atoms with Gasteiger partial charge in [0.25, 0.3) is 11.5 Å². The molecule has 5 rings (SSSR count). The standard InChI is InChI=1S/C26H22ClN5O3/c1-35-23-10-9-19(27)13-21(23)25(33)28-11-12-32-24-22(14-30-32)26(34)31(16-29-24)15-18-7-4-6-17-5-2-3-8-20(17)18/h2-10,13-14,16H,11-12,15H2,1H3,(H,28,33). The van der Waals surface area contributed by atoms with E-state index in [1.807, 2.05) is 42.5 Å². The predicted molar refractivity (Wildman–Crippen MR) is 135 cm³/mol. The zero-order valence-electron chi connectivity index (χ0n) is 18.9. The summed E-state index contributed by atoms with van der Waals surface area (Å²) in [5.74, 6) is 0.121. The number of amides is 1. The van der Waals surface area contributed by atoms with Crippen molar-refractivity contribution < 1.29 is 9.53 Å². The third-order valence-electron chi connectivity index (χ3n) is 5.86. The van der Waals surface area contributed by atoms with Gasteiger partial charge >= 0.3 is 0 Å². The number of rotatable bonds is 7. The number of hydrogen-bond acceptors (Lipinski definition) is 5. The van der Waals surface area contributed by atoms with Crippen molar-refractivity contribution >= 4 is 39.3 Å². The Bertz CT molecular complexity index is 1600. The molecule has 1 N–H and O–H groups in total. The Kier molecular flexibility index (Phi) is 6.20. The summed E-state index contributed by atoms with van der Waals surface area (Å²) < 4.78 is 8.43. The summed E-state index contributed by atoms with van der Waals surface area (Å²) in [6.45, 7) is 1.04. The van der Waals surface area contributed by atoms with E-state index in [0.29, 0.717) is 40.5 Å². The fourth-order valence-electron chi connectivity index (χ4n) is 4.12. The molecule has 0 aliphatic carbocycles. The van der Waals surface area contributed by atoms with Crippen LogP contribution in [0, 0.1) is 0 Å². The van der Waals surface area contributed by atoms with Gasteiger partial charge in [-0.3, -0.25) is 14.2 Å². The second-order valence-electron chi connectivity index (χ2n) is 8.02. The molecule has 176 valence electrons. The molecule has 35 heavy (non-hydrogen) atoms. The minimum atomic E-state index is -0.314. The number of carbonyl (C=O) groups is 1. The second kappa shape index (κ2) is 9.60. The zero-order chi connectivity index (χ0) is 24.4. The lowest BCUT2D eigenvalue weighted by molar-refractivity contribution is 0.0949. The van der Waals surface area contributed by atoms with Crippen LogP contribution in [0.3, 0.4) is 0 Å². The molecular weight excluding hydrogens is 466 g/mol. The molecule has 0 spiro atoms. The largest absolute Gasteiger partial charge is 0.496 e. The van der Waals surface area contributed by atoms with E-state index < -0.39 is 0 Å². The van der Waals surface area contributed by atoms with E-state index in [2.05, 4.69) is 15.4 Å². The summed E-state index contributed by atoms with van der Waals surface area (Å²) in [6.07, 6.45) is 3.06. The summed E-state index contributed by atoms with van der Waals surface area (Å²) in [6, 6.07) is 19.0. The average molecular weight is 488 g/mol. The quantitative estimate of drug-likeness (QED) is 0.376. The number of methoxy groups -OCH3 is 1. The van der Waals surface area contributed by atoms with Crippen molar-refractivity contribution in [1.29, 1.82) is 0 Å². The van der Waals surface area contributed by atoms with Crippen molar-refractivity contribution in [3.8, 4) is 5.75 Å². The summed E-state index contributed by atoms with van der Waals surface area (Å²) >= 11 is 6.02. The monoisotopic (exact) mass is 487 g/mol. The molecule has 2 heterocycles. The number of nitrogens with zero attached hydrogens (tertiary/aromatic N) is 4. The lowest BCUT2D eigenvalue weighted by Gasteiger charge is -2.10. The number of aromatic nitrogens is 4. The highest BCUT2D eigenvalue weighted by atomic mass is 35.5. The van der Waals surface area contributed by atoms with Crippen molar-refractivity contribution in [2.75, 3.05) is 13.7 Å². The molecule has 0 saturated heterocycles. The molecule has 9 heteroatoms. The van der Waals surface area contributed by atoms with Gasteiger partial charge in [-0.05, 0) is 34.5 Å². The molecule has 3 aromatic carbocycles. The molecule has 1 amide bonds. The third-order valence-corrected chi connectivity index (χ3v) is 6.09. The van der Waals surface area contributed by atoms with Crippen molar-refractivity contribution in [3.05, 3.63) is 99.7 Å². The van der Waals surface area contributed by atoms with E-state index in [9.17, 15) is 9.59 Å². The Morgan fingerprint density at radius 3 is 2.77 bits per heavy atom. The molecule has 0 aliphatic heterocycles. The maximum Gasteiger partial charge on any atom is 0.264 e.